The number of carbonyl (C=O) groups excluding carboxylic acids is 1. The van der Waals surface area contributed by atoms with Crippen molar-refractivity contribution in [1.82, 2.24) is 20.2 Å². The minimum absolute atomic E-state index is 0.0628. The Kier molecular flexibility index (Phi) is 5.71. The fourth-order valence-corrected chi connectivity index (χ4v) is 4.82. The summed E-state index contributed by atoms with van der Waals surface area (Å²) in [4.78, 5) is 26.6. The highest BCUT2D eigenvalue weighted by atomic mass is 16.5. The second-order valence-corrected chi connectivity index (χ2v) is 8.64. The fourth-order valence-electron chi connectivity index (χ4n) is 4.82. The fraction of sp³-hybridized carbons (Fsp3) is 0.762. The molecule has 1 N–H and O–H groups in total. The van der Waals surface area contributed by atoms with E-state index >= 15 is 0 Å². The van der Waals surface area contributed by atoms with E-state index in [2.05, 4.69) is 29.0 Å². The first-order valence-corrected chi connectivity index (χ1v) is 10.8. The number of nitrogens with one attached hydrogen (secondary N) is 1. The molecular formula is C21H33N5O2. The molecule has 2 unspecified atom stereocenters. The van der Waals surface area contributed by atoms with Gasteiger partial charge in [-0.15, -0.1) is 0 Å². The topological polar surface area (TPSA) is 70.6 Å². The largest absolute Gasteiger partial charge is 0.372 e. The number of ether oxygens (including phenoxy) is 1. The van der Waals surface area contributed by atoms with Crippen LogP contribution in [0.25, 0.3) is 0 Å². The maximum Gasteiger partial charge on any atom is 0.317 e. The van der Waals surface area contributed by atoms with Crippen LogP contribution in [-0.2, 0) is 17.7 Å². The van der Waals surface area contributed by atoms with E-state index in [0.29, 0.717) is 12.6 Å². The zero-order valence-electron chi connectivity index (χ0n) is 17.4. The Morgan fingerprint density at radius 2 is 1.82 bits per heavy atom. The molecule has 154 valence electrons. The predicted octanol–water partition coefficient (Wildman–Crippen LogP) is 2.80. The molecule has 1 aromatic rings. The van der Waals surface area contributed by atoms with Gasteiger partial charge in [0.2, 0.25) is 0 Å². The summed E-state index contributed by atoms with van der Waals surface area (Å²) in [5, 5.41) is 3.26. The predicted molar refractivity (Wildman–Crippen MR) is 109 cm³/mol. The molecule has 0 spiro atoms. The zero-order valence-corrected chi connectivity index (χ0v) is 17.4. The van der Waals surface area contributed by atoms with Gasteiger partial charge < -0.3 is 19.9 Å². The molecule has 3 aliphatic rings. The highest BCUT2D eigenvalue weighted by Gasteiger charge is 2.31. The zero-order chi connectivity index (χ0) is 19.7. The first kappa shape index (κ1) is 19.4. The molecule has 0 aromatic carbocycles. The molecule has 2 fully saturated rings. The molecule has 7 nitrogen and oxygen atoms in total. The van der Waals surface area contributed by atoms with Gasteiger partial charge in [0.25, 0.3) is 0 Å². The first-order valence-electron chi connectivity index (χ1n) is 10.8. The summed E-state index contributed by atoms with van der Waals surface area (Å²) in [6.45, 7) is 9.11. The van der Waals surface area contributed by atoms with Gasteiger partial charge in [0.15, 0.2) is 0 Å². The smallest absolute Gasteiger partial charge is 0.317 e. The summed E-state index contributed by atoms with van der Waals surface area (Å²) in [6, 6.07) is 0.394. The lowest BCUT2D eigenvalue weighted by Crippen LogP contribution is -2.49. The van der Waals surface area contributed by atoms with Crippen molar-refractivity contribution in [2.75, 3.05) is 24.5 Å². The molecule has 0 radical (unpaired) electrons. The Bertz CT molecular complexity index is 709. The van der Waals surface area contributed by atoms with E-state index in [9.17, 15) is 4.79 Å². The molecule has 1 saturated heterocycles. The van der Waals surface area contributed by atoms with Crippen molar-refractivity contribution < 1.29 is 9.53 Å². The van der Waals surface area contributed by atoms with Crippen LogP contribution in [0.4, 0.5) is 10.6 Å². The van der Waals surface area contributed by atoms with Gasteiger partial charge >= 0.3 is 6.03 Å². The number of nitrogens with zero attached hydrogens (tertiary/aromatic N) is 4. The minimum atomic E-state index is 0.0628. The van der Waals surface area contributed by atoms with Crippen molar-refractivity contribution >= 4 is 11.8 Å². The van der Waals surface area contributed by atoms with E-state index in [4.69, 9.17) is 9.72 Å². The quantitative estimate of drug-likeness (QED) is 0.845. The second kappa shape index (κ2) is 8.23. The highest BCUT2D eigenvalue weighted by molar-refractivity contribution is 5.75. The van der Waals surface area contributed by atoms with Gasteiger partial charge in [-0.2, -0.15) is 0 Å². The van der Waals surface area contributed by atoms with E-state index < -0.39 is 0 Å². The van der Waals surface area contributed by atoms with Crippen LogP contribution < -0.4 is 10.2 Å². The van der Waals surface area contributed by atoms with E-state index in [1.807, 2.05) is 11.8 Å². The second-order valence-electron chi connectivity index (χ2n) is 8.64. The van der Waals surface area contributed by atoms with Gasteiger partial charge in [0, 0.05) is 37.7 Å². The number of rotatable bonds is 2. The van der Waals surface area contributed by atoms with Crippen LogP contribution in [0.15, 0.2) is 0 Å². The standard InChI is InChI=1S/C21H33N5O2/c1-14-11-26(12-15(2)28-14)20-18-13-25(10-9-19(18)22-16(3)23-20)21(27)24-17-7-5-4-6-8-17/h14-15,17H,4-13H2,1-3H3,(H,24,27). The SMILES string of the molecule is Cc1nc2c(c(N3CC(C)OC(C)C3)n1)CN(C(=O)NC1CCCCC1)CC2. The molecule has 7 heteroatoms. The highest BCUT2D eigenvalue weighted by Crippen LogP contribution is 2.29. The molecular weight excluding hydrogens is 354 g/mol. The lowest BCUT2D eigenvalue weighted by atomic mass is 9.95. The molecule has 2 atom stereocenters. The van der Waals surface area contributed by atoms with Gasteiger partial charge in [0.1, 0.15) is 11.6 Å². The number of aromatic nitrogens is 2. The van der Waals surface area contributed by atoms with Crippen LogP contribution in [-0.4, -0.2) is 58.8 Å². The molecule has 4 rings (SSSR count). The summed E-state index contributed by atoms with van der Waals surface area (Å²) in [7, 11) is 0. The van der Waals surface area contributed by atoms with Crippen LogP contribution in [0.3, 0.4) is 0 Å². The summed E-state index contributed by atoms with van der Waals surface area (Å²) in [6.07, 6.45) is 7.07. The number of hydrogen-bond acceptors (Lipinski definition) is 5. The number of hydrogen-bond donors (Lipinski definition) is 1. The Hall–Kier alpha value is -1.89. The number of amides is 2. The summed E-state index contributed by atoms with van der Waals surface area (Å²) < 4.78 is 5.90. The third kappa shape index (κ3) is 4.24. The van der Waals surface area contributed by atoms with Gasteiger partial charge in [-0.05, 0) is 33.6 Å². The van der Waals surface area contributed by atoms with Crippen LogP contribution in [0, 0.1) is 6.92 Å². The van der Waals surface area contributed by atoms with Crippen LogP contribution in [0.1, 0.15) is 63.0 Å². The molecule has 1 aromatic heterocycles. The Labute approximate surface area is 167 Å². The van der Waals surface area contributed by atoms with E-state index in [-0.39, 0.29) is 18.2 Å². The monoisotopic (exact) mass is 387 g/mol. The third-order valence-corrected chi connectivity index (χ3v) is 6.09. The average molecular weight is 388 g/mol. The summed E-state index contributed by atoms with van der Waals surface area (Å²) >= 11 is 0. The maximum atomic E-state index is 12.9. The first-order chi connectivity index (χ1) is 13.5. The van der Waals surface area contributed by atoms with Crippen molar-refractivity contribution in [3.63, 3.8) is 0 Å². The Balaban J connectivity index is 1.52. The summed E-state index contributed by atoms with van der Waals surface area (Å²) in [5.41, 5.74) is 2.20. The number of morpholine rings is 1. The Morgan fingerprint density at radius 1 is 1.11 bits per heavy atom. The van der Waals surface area contributed by atoms with E-state index in [1.54, 1.807) is 0 Å². The molecule has 28 heavy (non-hydrogen) atoms. The van der Waals surface area contributed by atoms with Crippen molar-refractivity contribution in [2.45, 2.75) is 84.1 Å². The molecule has 0 bridgehead atoms. The molecule has 1 aliphatic carbocycles. The van der Waals surface area contributed by atoms with Crippen molar-refractivity contribution in [3.05, 3.63) is 17.1 Å². The molecule has 3 heterocycles. The lowest BCUT2D eigenvalue weighted by molar-refractivity contribution is -0.00558. The number of fused-ring (bicyclic) bond motifs is 1. The van der Waals surface area contributed by atoms with Crippen LogP contribution >= 0.6 is 0 Å². The Morgan fingerprint density at radius 3 is 2.54 bits per heavy atom. The van der Waals surface area contributed by atoms with Crippen LogP contribution in [0.2, 0.25) is 0 Å². The number of urea groups is 1. The maximum absolute atomic E-state index is 12.9. The van der Waals surface area contributed by atoms with Gasteiger partial charge in [-0.3, -0.25) is 0 Å². The molecule has 2 amide bonds. The van der Waals surface area contributed by atoms with Crippen molar-refractivity contribution in [2.24, 2.45) is 0 Å². The van der Waals surface area contributed by atoms with Crippen molar-refractivity contribution in [1.29, 1.82) is 0 Å². The lowest BCUT2D eigenvalue weighted by Gasteiger charge is -2.39. The molecule has 1 saturated carbocycles. The minimum Gasteiger partial charge on any atom is -0.372 e. The number of aryl methyl sites for hydroxylation is 1. The molecule has 2 aliphatic heterocycles. The average Bonchev–Trinajstić information content (AvgIpc) is 2.67. The summed E-state index contributed by atoms with van der Waals surface area (Å²) in [5.74, 6) is 1.79. The number of carbonyl (C=O) groups is 1. The van der Waals surface area contributed by atoms with Gasteiger partial charge in [-0.1, -0.05) is 19.3 Å². The van der Waals surface area contributed by atoms with E-state index in [1.165, 1.54) is 19.3 Å². The van der Waals surface area contributed by atoms with Gasteiger partial charge in [0.05, 0.1) is 24.4 Å². The van der Waals surface area contributed by atoms with E-state index in [0.717, 1.165) is 61.8 Å². The third-order valence-electron chi connectivity index (χ3n) is 6.09. The van der Waals surface area contributed by atoms with Crippen molar-refractivity contribution in [3.8, 4) is 0 Å². The normalized spacial score (nSPS) is 26.1. The number of anilines is 1. The van der Waals surface area contributed by atoms with Gasteiger partial charge in [-0.25, -0.2) is 14.8 Å². The van der Waals surface area contributed by atoms with Crippen LogP contribution in [0.5, 0.6) is 0 Å².